The van der Waals surface area contributed by atoms with Crippen LogP contribution in [0.1, 0.15) is 43.7 Å². The Morgan fingerprint density at radius 2 is 1.79 bits per heavy atom. The maximum absolute atomic E-state index is 13.0. The van der Waals surface area contributed by atoms with Gasteiger partial charge in [0.1, 0.15) is 0 Å². The van der Waals surface area contributed by atoms with Gasteiger partial charge in [0.25, 0.3) is 0 Å². The van der Waals surface area contributed by atoms with E-state index in [4.69, 9.17) is 0 Å². The van der Waals surface area contributed by atoms with E-state index in [2.05, 4.69) is 19.2 Å². The van der Waals surface area contributed by atoms with Crippen molar-refractivity contribution in [1.29, 1.82) is 0 Å². The third-order valence-corrected chi connectivity index (χ3v) is 7.13. The highest BCUT2D eigenvalue weighted by molar-refractivity contribution is 7.89. The van der Waals surface area contributed by atoms with Crippen LogP contribution in [0.2, 0.25) is 0 Å². The summed E-state index contributed by atoms with van der Waals surface area (Å²) in [6.45, 7) is 6.75. The maximum Gasteiger partial charge on any atom is 0.243 e. The number of carbonyl (C=O) groups is 1. The van der Waals surface area contributed by atoms with Crippen molar-refractivity contribution in [3.05, 3.63) is 59.7 Å². The highest BCUT2D eigenvalue weighted by atomic mass is 32.2. The average Bonchev–Trinajstić information content (AvgIpc) is 2.68. The van der Waals surface area contributed by atoms with Crippen LogP contribution in [0.15, 0.2) is 53.4 Å². The first-order valence-corrected chi connectivity index (χ1v) is 11.2. The maximum atomic E-state index is 13.0. The lowest BCUT2D eigenvalue weighted by Crippen LogP contribution is -2.43. The Labute approximate surface area is 167 Å². The molecule has 150 valence electrons. The summed E-state index contributed by atoms with van der Waals surface area (Å²) in [6.07, 6.45) is 1.37. The number of nitrogens with zero attached hydrogens (tertiary/aromatic N) is 1. The lowest BCUT2D eigenvalue weighted by Gasteiger charge is -2.31. The van der Waals surface area contributed by atoms with Crippen LogP contribution in [-0.4, -0.2) is 31.7 Å². The van der Waals surface area contributed by atoms with Gasteiger partial charge in [-0.25, -0.2) is 8.42 Å². The zero-order valence-corrected chi connectivity index (χ0v) is 17.5. The molecule has 6 heteroatoms. The van der Waals surface area contributed by atoms with Crippen molar-refractivity contribution >= 4 is 21.6 Å². The average molecular weight is 401 g/mol. The summed E-state index contributed by atoms with van der Waals surface area (Å²) < 4.78 is 27.4. The van der Waals surface area contributed by atoms with E-state index in [1.165, 1.54) is 4.31 Å². The second kappa shape index (κ2) is 8.45. The van der Waals surface area contributed by atoms with Crippen molar-refractivity contribution in [3.63, 3.8) is 0 Å². The minimum Gasteiger partial charge on any atom is -0.326 e. The first-order chi connectivity index (χ1) is 13.3. The zero-order chi connectivity index (χ0) is 20.3. The Hall–Kier alpha value is -2.18. The fourth-order valence-electron chi connectivity index (χ4n) is 3.58. The smallest absolute Gasteiger partial charge is 0.243 e. The van der Waals surface area contributed by atoms with Gasteiger partial charge in [0.2, 0.25) is 15.9 Å². The molecule has 1 fully saturated rings. The molecule has 1 aliphatic heterocycles. The fourth-order valence-corrected chi connectivity index (χ4v) is 5.11. The number of nitrogens with one attached hydrogen (secondary N) is 1. The summed E-state index contributed by atoms with van der Waals surface area (Å²) in [6, 6.07) is 14.6. The highest BCUT2D eigenvalue weighted by Crippen LogP contribution is 2.27. The molecule has 0 aliphatic carbocycles. The van der Waals surface area contributed by atoms with Gasteiger partial charge in [-0.05, 0) is 49.4 Å². The van der Waals surface area contributed by atoms with Crippen molar-refractivity contribution < 1.29 is 13.2 Å². The van der Waals surface area contributed by atoms with E-state index in [9.17, 15) is 13.2 Å². The lowest BCUT2D eigenvalue weighted by atomic mass is 9.97. The molecular weight excluding hydrogens is 372 g/mol. The molecule has 0 aromatic heterocycles. The molecular formula is C22H28N2O3S. The first kappa shape index (κ1) is 20.6. The molecule has 2 aromatic carbocycles. The van der Waals surface area contributed by atoms with Crippen molar-refractivity contribution in [2.75, 3.05) is 18.4 Å². The Kier molecular flexibility index (Phi) is 6.20. The number of sulfonamides is 1. The Balaban J connectivity index is 1.74. The molecule has 0 spiro atoms. The van der Waals surface area contributed by atoms with E-state index >= 15 is 0 Å². The number of amides is 1. The summed E-state index contributed by atoms with van der Waals surface area (Å²) in [7, 11) is -3.59. The predicted octanol–water partition coefficient (Wildman–Crippen LogP) is 4.16. The standard InChI is InChI=1S/C22H28N2O3S/c1-16(2)20-8-4-5-9-21(20)23-22(25)18-7-6-14-24(15-18)28(26,27)19-12-10-17(3)11-13-19/h4-5,8-13,16,18H,6-7,14-15H2,1-3H3,(H,23,25). The Bertz CT molecular complexity index is 937. The van der Waals surface area contributed by atoms with Gasteiger partial charge in [0.05, 0.1) is 10.8 Å². The highest BCUT2D eigenvalue weighted by Gasteiger charge is 2.33. The van der Waals surface area contributed by atoms with Crippen LogP contribution >= 0.6 is 0 Å². The summed E-state index contributed by atoms with van der Waals surface area (Å²) in [5.41, 5.74) is 2.90. The van der Waals surface area contributed by atoms with Gasteiger partial charge in [-0.15, -0.1) is 0 Å². The van der Waals surface area contributed by atoms with Crippen LogP contribution in [0.4, 0.5) is 5.69 Å². The summed E-state index contributed by atoms with van der Waals surface area (Å²) in [4.78, 5) is 13.1. The second-order valence-electron chi connectivity index (χ2n) is 7.75. The molecule has 1 heterocycles. The number of hydrogen-bond acceptors (Lipinski definition) is 3. The number of piperidine rings is 1. The molecule has 3 rings (SSSR count). The van der Waals surface area contributed by atoms with Crippen LogP contribution in [0, 0.1) is 12.8 Å². The molecule has 1 aliphatic rings. The first-order valence-electron chi connectivity index (χ1n) is 9.75. The minimum absolute atomic E-state index is 0.114. The molecule has 2 aromatic rings. The molecule has 1 unspecified atom stereocenters. The molecule has 0 bridgehead atoms. The van der Waals surface area contributed by atoms with E-state index in [1.807, 2.05) is 31.2 Å². The van der Waals surface area contributed by atoms with Gasteiger partial charge >= 0.3 is 0 Å². The van der Waals surface area contributed by atoms with Crippen molar-refractivity contribution in [2.24, 2.45) is 5.92 Å². The third kappa shape index (κ3) is 4.45. The van der Waals surface area contributed by atoms with E-state index in [1.54, 1.807) is 24.3 Å². The largest absolute Gasteiger partial charge is 0.326 e. The Morgan fingerprint density at radius 1 is 1.11 bits per heavy atom. The van der Waals surface area contributed by atoms with Crippen molar-refractivity contribution in [1.82, 2.24) is 4.31 Å². The molecule has 1 N–H and O–H groups in total. The van der Waals surface area contributed by atoms with Gasteiger partial charge in [0, 0.05) is 18.8 Å². The molecule has 28 heavy (non-hydrogen) atoms. The third-order valence-electron chi connectivity index (χ3n) is 5.25. The summed E-state index contributed by atoms with van der Waals surface area (Å²) >= 11 is 0. The Morgan fingerprint density at radius 3 is 2.46 bits per heavy atom. The van der Waals surface area contributed by atoms with Crippen LogP contribution in [0.25, 0.3) is 0 Å². The van der Waals surface area contributed by atoms with Gasteiger partial charge in [0.15, 0.2) is 0 Å². The van der Waals surface area contributed by atoms with Gasteiger partial charge in [-0.2, -0.15) is 4.31 Å². The minimum atomic E-state index is -3.59. The van der Waals surface area contributed by atoms with Gasteiger partial charge < -0.3 is 5.32 Å². The van der Waals surface area contributed by atoms with E-state index < -0.39 is 10.0 Å². The number of benzene rings is 2. The van der Waals surface area contributed by atoms with Crippen LogP contribution in [0.5, 0.6) is 0 Å². The SMILES string of the molecule is Cc1ccc(S(=O)(=O)N2CCCC(C(=O)Nc3ccccc3C(C)C)C2)cc1. The monoisotopic (exact) mass is 400 g/mol. The second-order valence-corrected chi connectivity index (χ2v) is 9.68. The molecule has 1 amide bonds. The number of rotatable bonds is 5. The van der Waals surface area contributed by atoms with Crippen molar-refractivity contribution in [2.45, 2.75) is 44.4 Å². The van der Waals surface area contributed by atoms with Gasteiger partial charge in [-0.3, -0.25) is 4.79 Å². The predicted molar refractivity (Wildman–Crippen MR) is 112 cm³/mol. The normalized spacial score (nSPS) is 18.2. The van der Waals surface area contributed by atoms with Crippen LogP contribution in [-0.2, 0) is 14.8 Å². The molecule has 0 radical (unpaired) electrons. The zero-order valence-electron chi connectivity index (χ0n) is 16.7. The van der Waals surface area contributed by atoms with Crippen LogP contribution < -0.4 is 5.32 Å². The topological polar surface area (TPSA) is 66.5 Å². The van der Waals surface area contributed by atoms with Gasteiger partial charge in [-0.1, -0.05) is 49.7 Å². The van der Waals surface area contributed by atoms with Crippen molar-refractivity contribution in [3.8, 4) is 0 Å². The number of aryl methyl sites for hydroxylation is 1. The molecule has 0 saturated carbocycles. The number of carbonyl (C=O) groups excluding carboxylic acids is 1. The quantitative estimate of drug-likeness (QED) is 0.820. The number of hydrogen-bond donors (Lipinski definition) is 1. The lowest BCUT2D eigenvalue weighted by molar-refractivity contribution is -0.120. The molecule has 1 atom stereocenters. The molecule has 1 saturated heterocycles. The summed E-state index contributed by atoms with van der Waals surface area (Å²) in [5, 5.41) is 3.02. The summed E-state index contributed by atoms with van der Waals surface area (Å²) in [5.74, 6) is -0.174. The van der Waals surface area contributed by atoms with E-state index in [0.717, 1.165) is 16.8 Å². The van der Waals surface area contributed by atoms with Crippen LogP contribution in [0.3, 0.4) is 0 Å². The number of para-hydroxylation sites is 1. The molecule has 5 nitrogen and oxygen atoms in total. The number of anilines is 1. The fraction of sp³-hybridized carbons (Fsp3) is 0.409. The van der Waals surface area contributed by atoms with E-state index in [0.29, 0.717) is 25.3 Å². The van der Waals surface area contributed by atoms with E-state index in [-0.39, 0.29) is 23.3 Å².